The van der Waals surface area contributed by atoms with E-state index in [1.54, 1.807) is 33.5 Å². The lowest BCUT2D eigenvalue weighted by Crippen LogP contribution is -2.59. The van der Waals surface area contributed by atoms with E-state index in [4.69, 9.17) is 16.3 Å². The van der Waals surface area contributed by atoms with Crippen molar-refractivity contribution in [2.45, 2.75) is 75.1 Å². The minimum Gasteiger partial charge on any atom is -0.444 e. The van der Waals surface area contributed by atoms with E-state index in [1.165, 1.54) is 0 Å². The van der Waals surface area contributed by atoms with E-state index in [-0.39, 0.29) is 23.1 Å². The largest absolute Gasteiger partial charge is 0.444 e. The summed E-state index contributed by atoms with van der Waals surface area (Å²) in [6.07, 6.45) is 3.20. The van der Waals surface area contributed by atoms with Gasteiger partial charge in [-0.1, -0.05) is 18.0 Å². The standard InChI is InChI=1S/C22H32ClN3O4S/c1-16(2)24-12-14-25(15-13-24)22(27)30-21-11-8-18-4-3-5-20(21)26(18)31(28,29)19-9-6-17(23)7-10-19/h6-7,9-10,16,18,20-21H,3-5,8,11-15H2,1-2H3/t18?,20?,21-/m0/s1. The van der Waals surface area contributed by atoms with Gasteiger partial charge in [0.25, 0.3) is 0 Å². The summed E-state index contributed by atoms with van der Waals surface area (Å²) in [4.78, 5) is 17.2. The highest BCUT2D eigenvalue weighted by molar-refractivity contribution is 7.89. The molecule has 3 aliphatic rings. The summed E-state index contributed by atoms with van der Waals surface area (Å²) >= 11 is 5.95. The average molecular weight is 470 g/mol. The first-order chi connectivity index (χ1) is 14.8. The zero-order valence-electron chi connectivity index (χ0n) is 18.2. The summed E-state index contributed by atoms with van der Waals surface area (Å²) in [7, 11) is -3.69. The van der Waals surface area contributed by atoms with Crippen LogP contribution >= 0.6 is 11.6 Å². The third-order valence-electron chi connectivity index (χ3n) is 6.88. The Morgan fingerprint density at radius 3 is 2.35 bits per heavy atom. The van der Waals surface area contributed by atoms with Gasteiger partial charge >= 0.3 is 6.09 Å². The summed E-state index contributed by atoms with van der Waals surface area (Å²) in [6.45, 7) is 7.27. The molecule has 2 bridgehead atoms. The molecule has 31 heavy (non-hydrogen) atoms. The summed E-state index contributed by atoms with van der Waals surface area (Å²) in [6, 6.07) is 6.42. The molecule has 172 valence electrons. The number of halogens is 1. The molecular formula is C22H32ClN3O4S. The number of ether oxygens (including phenoxy) is 1. The van der Waals surface area contributed by atoms with E-state index in [0.717, 1.165) is 25.9 Å². The highest BCUT2D eigenvalue weighted by Gasteiger charge is 2.48. The fourth-order valence-corrected chi connectivity index (χ4v) is 7.17. The highest BCUT2D eigenvalue weighted by atomic mass is 35.5. The van der Waals surface area contributed by atoms with Gasteiger partial charge < -0.3 is 9.64 Å². The van der Waals surface area contributed by atoms with Gasteiger partial charge in [0, 0.05) is 43.3 Å². The molecule has 0 saturated carbocycles. The van der Waals surface area contributed by atoms with Crippen molar-refractivity contribution in [3.63, 3.8) is 0 Å². The van der Waals surface area contributed by atoms with Gasteiger partial charge in [-0.3, -0.25) is 4.90 Å². The number of nitrogens with zero attached hydrogens (tertiary/aromatic N) is 3. The van der Waals surface area contributed by atoms with Crippen LogP contribution in [0.4, 0.5) is 4.79 Å². The van der Waals surface area contributed by atoms with Crippen molar-refractivity contribution in [2.75, 3.05) is 26.2 Å². The van der Waals surface area contributed by atoms with Crippen LogP contribution in [-0.4, -0.2) is 79.0 Å². The number of sulfonamides is 1. The average Bonchev–Trinajstić information content (AvgIpc) is 2.75. The number of piperidine rings is 2. The van der Waals surface area contributed by atoms with Gasteiger partial charge in [0.2, 0.25) is 10.0 Å². The number of carbonyl (C=O) groups is 1. The molecule has 0 radical (unpaired) electrons. The van der Waals surface area contributed by atoms with Crippen LogP contribution in [0, 0.1) is 0 Å². The maximum atomic E-state index is 13.5. The molecule has 0 N–H and O–H groups in total. The minimum atomic E-state index is -3.69. The van der Waals surface area contributed by atoms with Crippen LogP contribution in [0.2, 0.25) is 5.02 Å². The summed E-state index contributed by atoms with van der Waals surface area (Å²) < 4.78 is 34.5. The Labute approximate surface area is 190 Å². The highest BCUT2D eigenvalue weighted by Crippen LogP contribution is 2.39. The van der Waals surface area contributed by atoms with Crippen LogP contribution < -0.4 is 0 Å². The summed E-state index contributed by atoms with van der Waals surface area (Å²) in [5.41, 5.74) is 0. The number of piperazine rings is 1. The second-order valence-corrected chi connectivity index (χ2v) is 11.3. The van der Waals surface area contributed by atoms with E-state index in [2.05, 4.69) is 18.7 Å². The molecule has 3 aliphatic heterocycles. The van der Waals surface area contributed by atoms with E-state index >= 15 is 0 Å². The van der Waals surface area contributed by atoms with Crippen molar-refractivity contribution in [1.82, 2.24) is 14.1 Å². The molecule has 3 saturated heterocycles. The normalized spacial score (nSPS) is 28.0. The number of hydrogen-bond donors (Lipinski definition) is 0. The Morgan fingerprint density at radius 1 is 1.03 bits per heavy atom. The predicted molar refractivity (Wildman–Crippen MR) is 120 cm³/mol. The van der Waals surface area contributed by atoms with E-state index < -0.39 is 16.1 Å². The van der Waals surface area contributed by atoms with Crippen molar-refractivity contribution in [3.05, 3.63) is 29.3 Å². The van der Waals surface area contributed by atoms with Gasteiger partial charge in [-0.2, -0.15) is 4.31 Å². The van der Waals surface area contributed by atoms with Gasteiger partial charge in [0.05, 0.1) is 10.9 Å². The molecule has 3 fully saturated rings. The van der Waals surface area contributed by atoms with Gasteiger partial charge in [-0.05, 0) is 63.8 Å². The third kappa shape index (κ3) is 4.72. The molecule has 0 aromatic heterocycles. The molecule has 9 heteroatoms. The Morgan fingerprint density at radius 2 is 1.71 bits per heavy atom. The van der Waals surface area contributed by atoms with Gasteiger partial charge in [0.1, 0.15) is 6.10 Å². The number of amides is 1. The lowest BCUT2D eigenvalue weighted by molar-refractivity contribution is -0.0297. The lowest BCUT2D eigenvalue weighted by atomic mass is 9.85. The fourth-order valence-electron chi connectivity index (χ4n) is 5.12. The molecule has 0 spiro atoms. The van der Waals surface area contributed by atoms with Crippen LogP contribution in [0.15, 0.2) is 29.2 Å². The predicted octanol–water partition coefficient (Wildman–Crippen LogP) is 3.58. The molecule has 1 amide bonds. The van der Waals surface area contributed by atoms with Crippen LogP contribution in [0.25, 0.3) is 0 Å². The molecular weight excluding hydrogens is 438 g/mol. The Hall–Kier alpha value is -1.35. The number of carbonyl (C=O) groups excluding carboxylic acids is 1. The van der Waals surface area contributed by atoms with E-state index in [9.17, 15) is 13.2 Å². The SMILES string of the molecule is CC(C)N1CCN(C(=O)O[C@H]2CCC3CCCC2N3S(=O)(=O)c2ccc(Cl)cc2)CC1. The summed E-state index contributed by atoms with van der Waals surface area (Å²) in [5, 5.41) is 0.502. The fraction of sp³-hybridized carbons (Fsp3) is 0.682. The van der Waals surface area contributed by atoms with E-state index in [0.29, 0.717) is 43.4 Å². The number of benzene rings is 1. The van der Waals surface area contributed by atoms with Crippen molar-refractivity contribution < 1.29 is 17.9 Å². The van der Waals surface area contributed by atoms with Crippen LogP contribution in [0.5, 0.6) is 0 Å². The molecule has 3 heterocycles. The Balaban J connectivity index is 1.48. The number of rotatable bonds is 4. The zero-order chi connectivity index (χ0) is 22.2. The molecule has 1 aromatic rings. The first kappa shape index (κ1) is 22.8. The molecule has 7 nitrogen and oxygen atoms in total. The maximum Gasteiger partial charge on any atom is 0.410 e. The van der Waals surface area contributed by atoms with Crippen molar-refractivity contribution in [1.29, 1.82) is 0 Å². The minimum absolute atomic E-state index is 0.0380. The Kier molecular flexibility index (Phi) is 6.82. The molecule has 0 aliphatic carbocycles. The van der Waals surface area contributed by atoms with E-state index in [1.807, 2.05) is 0 Å². The van der Waals surface area contributed by atoms with Gasteiger partial charge in [0.15, 0.2) is 0 Å². The maximum absolute atomic E-state index is 13.5. The van der Waals surface area contributed by atoms with Crippen molar-refractivity contribution in [3.8, 4) is 0 Å². The molecule has 4 rings (SSSR count). The van der Waals surface area contributed by atoms with Crippen LogP contribution in [-0.2, 0) is 14.8 Å². The van der Waals surface area contributed by atoms with Gasteiger partial charge in [-0.25, -0.2) is 13.2 Å². The van der Waals surface area contributed by atoms with Crippen LogP contribution in [0.1, 0.15) is 46.0 Å². The van der Waals surface area contributed by atoms with Crippen molar-refractivity contribution >= 4 is 27.7 Å². The number of fused-ring (bicyclic) bond motifs is 2. The quantitative estimate of drug-likeness (QED) is 0.674. The summed E-state index contributed by atoms with van der Waals surface area (Å²) in [5.74, 6) is 0. The number of hydrogen-bond acceptors (Lipinski definition) is 5. The zero-order valence-corrected chi connectivity index (χ0v) is 19.8. The molecule has 2 unspecified atom stereocenters. The first-order valence-corrected chi connectivity index (χ1v) is 13.1. The first-order valence-electron chi connectivity index (χ1n) is 11.3. The molecule has 3 atom stereocenters. The smallest absolute Gasteiger partial charge is 0.410 e. The third-order valence-corrected chi connectivity index (χ3v) is 9.13. The van der Waals surface area contributed by atoms with Crippen molar-refractivity contribution in [2.24, 2.45) is 0 Å². The second kappa shape index (κ2) is 9.25. The Bertz CT molecular complexity index is 885. The van der Waals surface area contributed by atoms with Gasteiger partial charge in [-0.15, -0.1) is 0 Å². The molecule has 1 aromatic carbocycles. The second-order valence-electron chi connectivity index (χ2n) is 9.06. The lowest BCUT2D eigenvalue weighted by Gasteiger charge is -2.48. The monoisotopic (exact) mass is 469 g/mol. The topological polar surface area (TPSA) is 70.2 Å². The van der Waals surface area contributed by atoms with Crippen LogP contribution in [0.3, 0.4) is 0 Å².